The first-order chi connectivity index (χ1) is 7.56. The van der Waals surface area contributed by atoms with Crippen LogP contribution in [0.3, 0.4) is 0 Å². The van der Waals surface area contributed by atoms with Crippen molar-refractivity contribution in [2.24, 2.45) is 11.7 Å². The fraction of sp³-hybridized carbons (Fsp3) is 0.500. The fourth-order valence-corrected chi connectivity index (χ4v) is 2.15. The van der Waals surface area contributed by atoms with Gasteiger partial charge in [0.2, 0.25) is 0 Å². The SMILES string of the molecule is CC1CN(Cc2cc(F)ccc2O)CC1N. The van der Waals surface area contributed by atoms with Crippen molar-refractivity contribution in [1.82, 2.24) is 4.90 Å². The Morgan fingerprint density at radius 3 is 2.88 bits per heavy atom. The van der Waals surface area contributed by atoms with Crippen molar-refractivity contribution in [2.75, 3.05) is 13.1 Å². The van der Waals surface area contributed by atoms with Crippen LogP contribution in [0.5, 0.6) is 5.75 Å². The highest BCUT2D eigenvalue weighted by Gasteiger charge is 2.26. The average Bonchev–Trinajstić information content (AvgIpc) is 2.52. The van der Waals surface area contributed by atoms with E-state index in [1.165, 1.54) is 18.2 Å². The molecule has 0 bridgehead atoms. The molecular formula is C12H17FN2O. The van der Waals surface area contributed by atoms with Gasteiger partial charge >= 0.3 is 0 Å². The molecule has 0 saturated carbocycles. The van der Waals surface area contributed by atoms with E-state index in [9.17, 15) is 9.50 Å². The standard InChI is InChI=1S/C12H17FN2O/c1-8-5-15(7-11(8)14)6-9-4-10(13)2-3-12(9)16/h2-4,8,11,16H,5-7,14H2,1H3. The van der Waals surface area contributed by atoms with Gasteiger partial charge in [-0.25, -0.2) is 4.39 Å². The van der Waals surface area contributed by atoms with Crippen LogP contribution in [0.25, 0.3) is 0 Å². The van der Waals surface area contributed by atoms with Crippen LogP contribution in [0, 0.1) is 11.7 Å². The molecule has 0 amide bonds. The minimum atomic E-state index is -0.315. The maximum atomic E-state index is 13.0. The fourth-order valence-electron chi connectivity index (χ4n) is 2.15. The zero-order valence-electron chi connectivity index (χ0n) is 9.36. The number of nitrogens with two attached hydrogens (primary N) is 1. The van der Waals surface area contributed by atoms with Gasteiger partial charge in [-0.2, -0.15) is 0 Å². The monoisotopic (exact) mass is 224 g/mol. The second-order valence-electron chi connectivity index (χ2n) is 4.61. The Kier molecular flexibility index (Phi) is 3.12. The van der Waals surface area contributed by atoms with Crippen molar-refractivity contribution in [3.8, 4) is 5.75 Å². The predicted octanol–water partition coefficient (Wildman–Crippen LogP) is 1.31. The van der Waals surface area contributed by atoms with Gasteiger partial charge in [-0.05, 0) is 24.1 Å². The topological polar surface area (TPSA) is 49.5 Å². The summed E-state index contributed by atoms with van der Waals surface area (Å²) in [5.74, 6) is 0.287. The molecule has 1 aliphatic heterocycles. The highest BCUT2D eigenvalue weighted by molar-refractivity contribution is 5.32. The molecule has 88 valence electrons. The quantitative estimate of drug-likeness (QED) is 0.796. The lowest BCUT2D eigenvalue weighted by atomic mass is 10.1. The Morgan fingerprint density at radius 2 is 2.25 bits per heavy atom. The first-order valence-corrected chi connectivity index (χ1v) is 5.51. The molecule has 3 nitrogen and oxygen atoms in total. The second kappa shape index (κ2) is 4.39. The van der Waals surface area contributed by atoms with Gasteiger partial charge in [-0.1, -0.05) is 6.92 Å². The molecule has 2 atom stereocenters. The van der Waals surface area contributed by atoms with Crippen LogP contribution < -0.4 is 5.73 Å². The lowest BCUT2D eigenvalue weighted by Crippen LogP contribution is -2.28. The molecule has 0 aromatic heterocycles. The van der Waals surface area contributed by atoms with E-state index in [0.29, 0.717) is 18.0 Å². The molecule has 4 heteroatoms. The summed E-state index contributed by atoms with van der Waals surface area (Å²) in [5, 5.41) is 9.60. The lowest BCUT2D eigenvalue weighted by molar-refractivity contribution is 0.312. The summed E-state index contributed by atoms with van der Waals surface area (Å²) in [6.07, 6.45) is 0. The van der Waals surface area contributed by atoms with Crippen molar-refractivity contribution < 1.29 is 9.50 Å². The summed E-state index contributed by atoms with van der Waals surface area (Å²) in [6, 6.07) is 4.21. The van der Waals surface area contributed by atoms with Crippen LogP contribution in [0.2, 0.25) is 0 Å². The maximum Gasteiger partial charge on any atom is 0.123 e. The molecule has 2 rings (SSSR count). The zero-order valence-corrected chi connectivity index (χ0v) is 9.36. The van der Waals surface area contributed by atoms with Crippen molar-refractivity contribution >= 4 is 0 Å². The summed E-state index contributed by atoms with van der Waals surface area (Å²) in [7, 11) is 0. The van der Waals surface area contributed by atoms with Crippen LogP contribution in [-0.4, -0.2) is 29.1 Å². The molecular weight excluding hydrogens is 207 g/mol. The van der Waals surface area contributed by atoms with E-state index in [4.69, 9.17) is 5.73 Å². The van der Waals surface area contributed by atoms with E-state index < -0.39 is 0 Å². The number of aromatic hydroxyl groups is 1. The molecule has 0 radical (unpaired) electrons. The van der Waals surface area contributed by atoms with Crippen molar-refractivity contribution in [3.05, 3.63) is 29.6 Å². The molecule has 3 N–H and O–H groups in total. The van der Waals surface area contributed by atoms with Gasteiger partial charge < -0.3 is 10.8 Å². The van der Waals surface area contributed by atoms with Crippen molar-refractivity contribution in [3.63, 3.8) is 0 Å². The number of phenolic OH excluding ortho intramolecular Hbond substituents is 1. The van der Waals surface area contributed by atoms with Crippen LogP contribution in [0.4, 0.5) is 4.39 Å². The molecule has 1 heterocycles. The average molecular weight is 224 g/mol. The number of halogens is 1. The van der Waals surface area contributed by atoms with Gasteiger partial charge in [0.1, 0.15) is 11.6 Å². The molecule has 1 fully saturated rings. The molecule has 16 heavy (non-hydrogen) atoms. The molecule has 0 aliphatic carbocycles. The van der Waals surface area contributed by atoms with Crippen LogP contribution in [0.15, 0.2) is 18.2 Å². The van der Waals surface area contributed by atoms with Crippen LogP contribution in [-0.2, 0) is 6.54 Å². The number of rotatable bonds is 2. The minimum Gasteiger partial charge on any atom is -0.508 e. The normalized spacial score (nSPS) is 26.2. The maximum absolute atomic E-state index is 13.0. The molecule has 0 spiro atoms. The number of likely N-dealkylation sites (tertiary alicyclic amines) is 1. The molecule has 1 aromatic carbocycles. The smallest absolute Gasteiger partial charge is 0.123 e. The largest absolute Gasteiger partial charge is 0.508 e. The van der Waals surface area contributed by atoms with Gasteiger partial charge in [0.15, 0.2) is 0 Å². The third kappa shape index (κ3) is 2.33. The Labute approximate surface area is 94.7 Å². The van der Waals surface area contributed by atoms with Crippen LogP contribution >= 0.6 is 0 Å². The first-order valence-electron chi connectivity index (χ1n) is 5.51. The summed E-state index contributed by atoms with van der Waals surface area (Å²) in [6.45, 7) is 4.37. The summed E-state index contributed by atoms with van der Waals surface area (Å²) >= 11 is 0. The van der Waals surface area contributed by atoms with E-state index >= 15 is 0 Å². The first kappa shape index (κ1) is 11.4. The van der Waals surface area contributed by atoms with E-state index in [1.54, 1.807) is 0 Å². The van der Waals surface area contributed by atoms with Crippen LogP contribution in [0.1, 0.15) is 12.5 Å². The van der Waals surface area contributed by atoms with Gasteiger partial charge in [0.05, 0.1) is 0 Å². The number of hydrogen-bond donors (Lipinski definition) is 2. The van der Waals surface area contributed by atoms with Gasteiger partial charge in [-0.3, -0.25) is 4.90 Å². The number of hydrogen-bond acceptors (Lipinski definition) is 3. The Morgan fingerprint density at radius 1 is 1.50 bits per heavy atom. The van der Waals surface area contributed by atoms with E-state index in [0.717, 1.165) is 13.1 Å². The number of phenols is 1. The second-order valence-corrected chi connectivity index (χ2v) is 4.61. The highest BCUT2D eigenvalue weighted by atomic mass is 19.1. The third-order valence-corrected chi connectivity index (χ3v) is 3.18. The Hall–Kier alpha value is -1.13. The van der Waals surface area contributed by atoms with Gasteiger partial charge in [0, 0.05) is 31.2 Å². The summed E-state index contributed by atoms with van der Waals surface area (Å²) in [4.78, 5) is 2.14. The zero-order chi connectivity index (χ0) is 11.7. The lowest BCUT2D eigenvalue weighted by Gasteiger charge is -2.16. The predicted molar refractivity (Wildman–Crippen MR) is 60.5 cm³/mol. The van der Waals surface area contributed by atoms with Gasteiger partial charge in [-0.15, -0.1) is 0 Å². The molecule has 1 aromatic rings. The molecule has 1 saturated heterocycles. The number of benzene rings is 1. The van der Waals surface area contributed by atoms with E-state index in [1.807, 2.05) is 0 Å². The Balaban J connectivity index is 2.07. The number of nitrogens with zero attached hydrogens (tertiary/aromatic N) is 1. The van der Waals surface area contributed by atoms with Crippen molar-refractivity contribution in [2.45, 2.75) is 19.5 Å². The molecule has 2 unspecified atom stereocenters. The summed E-state index contributed by atoms with van der Waals surface area (Å²) < 4.78 is 13.0. The highest BCUT2D eigenvalue weighted by Crippen LogP contribution is 2.23. The minimum absolute atomic E-state index is 0.148. The third-order valence-electron chi connectivity index (χ3n) is 3.18. The molecule has 1 aliphatic rings. The van der Waals surface area contributed by atoms with E-state index in [2.05, 4.69) is 11.8 Å². The summed E-state index contributed by atoms with van der Waals surface area (Å²) in [5.41, 5.74) is 6.54. The Bertz CT molecular complexity index is 373. The van der Waals surface area contributed by atoms with E-state index in [-0.39, 0.29) is 17.6 Å². The van der Waals surface area contributed by atoms with Crippen molar-refractivity contribution in [1.29, 1.82) is 0 Å². The van der Waals surface area contributed by atoms with Gasteiger partial charge in [0.25, 0.3) is 0 Å².